The van der Waals surface area contributed by atoms with Gasteiger partial charge in [-0.25, -0.2) is 0 Å². The third-order valence-corrected chi connectivity index (χ3v) is 4.83. The summed E-state index contributed by atoms with van der Waals surface area (Å²) >= 11 is 0. The molecule has 0 spiro atoms. The summed E-state index contributed by atoms with van der Waals surface area (Å²) in [6, 6.07) is 4.95. The van der Waals surface area contributed by atoms with Crippen molar-refractivity contribution in [2.45, 2.75) is 6.04 Å². The van der Waals surface area contributed by atoms with Crippen molar-refractivity contribution in [2.24, 2.45) is 11.7 Å². The average Bonchev–Trinajstić information content (AvgIpc) is 2.84. The lowest BCUT2D eigenvalue weighted by Crippen LogP contribution is -2.45. The lowest BCUT2D eigenvalue weighted by atomic mass is 10.1. The maximum Gasteiger partial charge on any atom is 0.257 e. The van der Waals surface area contributed by atoms with Crippen LogP contribution in [0.4, 0.5) is 0 Å². The van der Waals surface area contributed by atoms with Crippen molar-refractivity contribution in [1.29, 1.82) is 0 Å². The van der Waals surface area contributed by atoms with E-state index in [1.165, 1.54) is 0 Å². The summed E-state index contributed by atoms with van der Waals surface area (Å²) in [5.41, 5.74) is 5.96. The van der Waals surface area contributed by atoms with E-state index in [-0.39, 0.29) is 36.2 Å². The van der Waals surface area contributed by atoms with Gasteiger partial charge in [-0.05, 0) is 12.1 Å². The second kappa shape index (κ2) is 9.25. The van der Waals surface area contributed by atoms with Gasteiger partial charge in [0.2, 0.25) is 5.91 Å². The van der Waals surface area contributed by atoms with E-state index < -0.39 is 0 Å². The van der Waals surface area contributed by atoms with Gasteiger partial charge in [-0.1, -0.05) is 0 Å². The zero-order chi connectivity index (χ0) is 18.7. The summed E-state index contributed by atoms with van der Waals surface area (Å²) < 4.78 is 16.5. The summed E-state index contributed by atoms with van der Waals surface area (Å²) in [5.74, 6) is 0.551. The Kier molecular flexibility index (Phi) is 7.29. The largest absolute Gasteiger partial charge is 0.497 e. The molecule has 2 aliphatic rings. The van der Waals surface area contributed by atoms with Crippen molar-refractivity contribution >= 4 is 24.2 Å². The molecule has 2 amide bonds. The summed E-state index contributed by atoms with van der Waals surface area (Å²) in [4.78, 5) is 29.1. The monoisotopic (exact) mass is 399 g/mol. The second-order valence-corrected chi connectivity index (χ2v) is 6.55. The van der Waals surface area contributed by atoms with Gasteiger partial charge in [-0.15, -0.1) is 12.4 Å². The molecule has 8 nitrogen and oxygen atoms in total. The quantitative estimate of drug-likeness (QED) is 0.769. The van der Waals surface area contributed by atoms with Crippen molar-refractivity contribution in [3.63, 3.8) is 0 Å². The molecule has 2 heterocycles. The molecule has 1 aromatic carbocycles. The molecule has 150 valence electrons. The average molecular weight is 400 g/mol. The van der Waals surface area contributed by atoms with E-state index in [1.54, 1.807) is 42.2 Å². The first-order valence-electron chi connectivity index (χ1n) is 8.69. The number of likely N-dealkylation sites (N-methyl/N-ethyl adjacent to an activating group) is 1. The zero-order valence-corrected chi connectivity index (χ0v) is 16.4. The first kappa shape index (κ1) is 21.3. The van der Waals surface area contributed by atoms with E-state index in [0.717, 1.165) is 0 Å². The van der Waals surface area contributed by atoms with E-state index in [1.807, 2.05) is 0 Å². The van der Waals surface area contributed by atoms with Gasteiger partial charge in [-0.3, -0.25) is 9.59 Å². The Balaban J connectivity index is 0.00000261. The van der Waals surface area contributed by atoms with Crippen LogP contribution in [0.25, 0.3) is 0 Å². The fourth-order valence-electron chi connectivity index (χ4n) is 3.33. The zero-order valence-electron chi connectivity index (χ0n) is 15.6. The number of amides is 2. The number of fused-ring (bicyclic) bond motifs is 3. The molecule has 2 N–H and O–H groups in total. The first-order valence-corrected chi connectivity index (χ1v) is 8.69. The minimum Gasteiger partial charge on any atom is -0.497 e. The number of carbonyl (C=O) groups is 2. The third-order valence-electron chi connectivity index (χ3n) is 4.83. The minimum atomic E-state index is -0.344. The van der Waals surface area contributed by atoms with Crippen LogP contribution in [0.3, 0.4) is 0 Å². The number of hydrogen-bond acceptors (Lipinski definition) is 6. The Hall–Kier alpha value is -2.03. The molecule has 0 saturated carbocycles. The van der Waals surface area contributed by atoms with Crippen LogP contribution in [0.1, 0.15) is 10.4 Å². The smallest absolute Gasteiger partial charge is 0.257 e. The highest BCUT2D eigenvalue weighted by Crippen LogP contribution is 2.28. The van der Waals surface area contributed by atoms with E-state index >= 15 is 0 Å². The van der Waals surface area contributed by atoms with Crippen LogP contribution in [0.15, 0.2) is 18.2 Å². The molecule has 1 aromatic rings. The number of methoxy groups -OCH3 is 1. The summed E-state index contributed by atoms with van der Waals surface area (Å²) in [7, 11) is 3.33. The fourth-order valence-corrected chi connectivity index (χ4v) is 3.33. The Morgan fingerprint density at radius 3 is 2.81 bits per heavy atom. The van der Waals surface area contributed by atoms with Crippen LogP contribution in [-0.2, 0) is 9.53 Å². The first-order chi connectivity index (χ1) is 12.5. The fraction of sp³-hybridized carbons (Fsp3) is 0.556. The van der Waals surface area contributed by atoms with Gasteiger partial charge in [0.25, 0.3) is 5.91 Å². The Labute approximate surface area is 164 Å². The highest BCUT2D eigenvalue weighted by molar-refractivity contribution is 5.97. The molecule has 2 aliphatic heterocycles. The van der Waals surface area contributed by atoms with Crippen LogP contribution < -0.4 is 15.2 Å². The maximum absolute atomic E-state index is 13.2. The standard InChI is InChI=1S/C18H25N3O5.ClH/c1-20-13-9-21(8-12(17(20)22)10-25-11-13)18(23)15-4-3-14(24-2)7-16(15)26-6-5-19;/h3-4,7,12-13H,5-6,8-11,19H2,1-2H3;1H/t12-,13+;/m1./s1. The number of halogens is 1. The lowest BCUT2D eigenvalue weighted by molar-refractivity contribution is -0.133. The molecule has 27 heavy (non-hydrogen) atoms. The molecule has 0 radical (unpaired) electrons. The predicted octanol–water partition coefficient (Wildman–Crippen LogP) is 0.384. The Morgan fingerprint density at radius 2 is 2.11 bits per heavy atom. The van der Waals surface area contributed by atoms with Crippen molar-refractivity contribution in [2.75, 3.05) is 53.6 Å². The van der Waals surface area contributed by atoms with Crippen LogP contribution in [0.2, 0.25) is 0 Å². The van der Waals surface area contributed by atoms with Gasteiger partial charge in [0, 0.05) is 32.7 Å². The minimum absolute atomic E-state index is 0. The number of rotatable bonds is 5. The second-order valence-electron chi connectivity index (χ2n) is 6.55. The van der Waals surface area contributed by atoms with Gasteiger partial charge in [0.1, 0.15) is 18.1 Å². The molecule has 2 fully saturated rings. The summed E-state index contributed by atoms with van der Waals surface area (Å²) in [6.07, 6.45) is 0. The van der Waals surface area contributed by atoms with Gasteiger partial charge in [0.05, 0.1) is 37.8 Å². The number of nitrogens with zero attached hydrogens (tertiary/aromatic N) is 2. The topological polar surface area (TPSA) is 94.3 Å². The molecule has 3 rings (SSSR count). The molecule has 0 aromatic heterocycles. The molecule has 2 bridgehead atoms. The van der Waals surface area contributed by atoms with E-state index in [0.29, 0.717) is 56.5 Å². The van der Waals surface area contributed by atoms with Crippen LogP contribution in [-0.4, -0.2) is 81.3 Å². The van der Waals surface area contributed by atoms with Gasteiger partial charge in [0.15, 0.2) is 0 Å². The number of benzene rings is 1. The third kappa shape index (κ3) is 4.45. The Bertz CT molecular complexity index is 687. The normalized spacial score (nSPS) is 22.0. The van der Waals surface area contributed by atoms with E-state index in [4.69, 9.17) is 19.9 Å². The SMILES string of the molecule is COc1ccc(C(=O)N2C[C@@H]3COC[C@H](C2)N(C)C3=O)c(OCCN)c1.Cl. The van der Waals surface area contributed by atoms with Gasteiger partial charge in [-0.2, -0.15) is 0 Å². The number of ether oxygens (including phenoxy) is 3. The summed E-state index contributed by atoms with van der Waals surface area (Å²) in [6.45, 7) is 2.17. The molecule has 0 aliphatic carbocycles. The summed E-state index contributed by atoms with van der Waals surface area (Å²) in [5, 5.41) is 0. The van der Waals surface area contributed by atoms with Gasteiger partial charge >= 0.3 is 0 Å². The maximum atomic E-state index is 13.2. The molecule has 0 unspecified atom stereocenters. The van der Waals surface area contributed by atoms with Crippen molar-refractivity contribution in [3.8, 4) is 11.5 Å². The van der Waals surface area contributed by atoms with Gasteiger partial charge < -0.3 is 29.7 Å². The molecular formula is C18H26ClN3O5. The van der Waals surface area contributed by atoms with E-state index in [9.17, 15) is 9.59 Å². The van der Waals surface area contributed by atoms with Crippen LogP contribution in [0, 0.1) is 5.92 Å². The number of hydrogen-bond donors (Lipinski definition) is 1. The number of nitrogens with two attached hydrogens (primary N) is 1. The Morgan fingerprint density at radius 1 is 1.33 bits per heavy atom. The molecule has 2 saturated heterocycles. The highest BCUT2D eigenvalue weighted by Gasteiger charge is 2.39. The van der Waals surface area contributed by atoms with E-state index in [2.05, 4.69) is 0 Å². The molecule has 9 heteroatoms. The van der Waals surface area contributed by atoms with Crippen LogP contribution >= 0.6 is 12.4 Å². The van der Waals surface area contributed by atoms with Crippen molar-refractivity contribution < 1.29 is 23.8 Å². The molecular weight excluding hydrogens is 374 g/mol. The van der Waals surface area contributed by atoms with Crippen LogP contribution in [0.5, 0.6) is 11.5 Å². The lowest BCUT2D eigenvalue weighted by Gasteiger charge is -2.29. The van der Waals surface area contributed by atoms with Crippen molar-refractivity contribution in [3.05, 3.63) is 23.8 Å². The highest BCUT2D eigenvalue weighted by atomic mass is 35.5. The molecule has 2 atom stereocenters. The predicted molar refractivity (Wildman–Crippen MR) is 102 cm³/mol. The van der Waals surface area contributed by atoms with Crippen molar-refractivity contribution in [1.82, 2.24) is 9.80 Å². The number of carbonyl (C=O) groups excluding carboxylic acids is 2.